The van der Waals surface area contributed by atoms with Crippen LogP contribution in [0.15, 0.2) is 60.8 Å². The Hall–Kier alpha value is -3.01. The van der Waals surface area contributed by atoms with Crippen LogP contribution in [0.25, 0.3) is 33.4 Å². The van der Waals surface area contributed by atoms with Crippen LogP contribution in [0.2, 0.25) is 0 Å². The van der Waals surface area contributed by atoms with Gasteiger partial charge in [-0.3, -0.25) is 4.68 Å². The quantitative estimate of drug-likeness (QED) is 0.615. The van der Waals surface area contributed by atoms with E-state index in [1.807, 2.05) is 42.2 Å². The molecule has 4 aromatic rings. The molecule has 0 radical (unpaired) electrons. The minimum atomic E-state index is 0.857. The van der Waals surface area contributed by atoms with Gasteiger partial charge in [0.05, 0.1) is 18.5 Å². The molecule has 0 amide bonds. The highest BCUT2D eigenvalue weighted by molar-refractivity contribution is 6.03. The van der Waals surface area contributed by atoms with E-state index in [2.05, 4.69) is 40.4 Å². The number of fused-ring (bicyclic) bond motifs is 1. The summed E-state index contributed by atoms with van der Waals surface area (Å²) in [4.78, 5) is 3.54. The standard InChI is InChI=1S/C19H17N3O/c1-22-17(11-12-20-22)19-18(13-7-9-14(23-2)10-8-13)15-5-3-4-6-16(15)21-19/h3-12,21H,1-2H3. The number of rotatable bonds is 3. The van der Waals surface area contributed by atoms with Gasteiger partial charge in [-0.05, 0) is 29.8 Å². The van der Waals surface area contributed by atoms with Crippen molar-refractivity contribution in [3.63, 3.8) is 0 Å². The molecule has 2 aromatic heterocycles. The van der Waals surface area contributed by atoms with E-state index in [-0.39, 0.29) is 0 Å². The Morgan fingerprint density at radius 3 is 2.48 bits per heavy atom. The summed E-state index contributed by atoms with van der Waals surface area (Å²) in [6, 6.07) is 18.5. The van der Waals surface area contributed by atoms with Crippen LogP contribution in [0.4, 0.5) is 0 Å². The van der Waals surface area contributed by atoms with E-state index in [1.165, 1.54) is 10.9 Å². The van der Waals surface area contributed by atoms with Gasteiger partial charge in [-0.25, -0.2) is 0 Å². The molecule has 114 valence electrons. The molecule has 0 aliphatic heterocycles. The van der Waals surface area contributed by atoms with Gasteiger partial charge in [-0.2, -0.15) is 5.10 Å². The molecular weight excluding hydrogens is 286 g/mol. The maximum absolute atomic E-state index is 5.27. The second-order valence-electron chi connectivity index (χ2n) is 5.49. The van der Waals surface area contributed by atoms with E-state index >= 15 is 0 Å². The Labute approximate surface area is 134 Å². The highest BCUT2D eigenvalue weighted by Crippen LogP contribution is 2.38. The molecule has 0 unspecified atom stereocenters. The fourth-order valence-electron chi connectivity index (χ4n) is 3.01. The normalized spacial score (nSPS) is 11.0. The lowest BCUT2D eigenvalue weighted by Gasteiger charge is -2.07. The predicted octanol–water partition coefficient (Wildman–Crippen LogP) is 4.24. The summed E-state index contributed by atoms with van der Waals surface area (Å²) in [6.45, 7) is 0. The van der Waals surface area contributed by atoms with Crippen molar-refractivity contribution in [2.75, 3.05) is 7.11 Å². The predicted molar refractivity (Wildman–Crippen MR) is 92.5 cm³/mol. The summed E-state index contributed by atoms with van der Waals surface area (Å²) in [7, 11) is 3.64. The maximum Gasteiger partial charge on any atom is 0.118 e. The average molecular weight is 303 g/mol. The molecule has 0 spiro atoms. The fourth-order valence-corrected chi connectivity index (χ4v) is 3.01. The third-order valence-electron chi connectivity index (χ3n) is 4.16. The third kappa shape index (κ3) is 2.19. The Morgan fingerprint density at radius 2 is 1.78 bits per heavy atom. The van der Waals surface area contributed by atoms with Gasteiger partial charge < -0.3 is 9.72 Å². The number of aromatic nitrogens is 3. The Bertz CT molecular complexity index is 964. The number of nitrogens with one attached hydrogen (secondary N) is 1. The highest BCUT2D eigenvalue weighted by Gasteiger charge is 2.16. The Balaban J connectivity index is 2.01. The van der Waals surface area contributed by atoms with Crippen molar-refractivity contribution in [1.29, 1.82) is 0 Å². The van der Waals surface area contributed by atoms with Crippen LogP contribution in [0.1, 0.15) is 0 Å². The summed E-state index contributed by atoms with van der Waals surface area (Å²) < 4.78 is 7.16. The van der Waals surface area contributed by atoms with Gasteiger partial charge in [0.15, 0.2) is 0 Å². The Morgan fingerprint density at radius 1 is 1.00 bits per heavy atom. The molecule has 0 fully saturated rings. The first-order valence-electron chi connectivity index (χ1n) is 7.51. The van der Waals surface area contributed by atoms with Gasteiger partial charge in [0, 0.05) is 29.7 Å². The third-order valence-corrected chi connectivity index (χ3v) is 4.16. The molecule has 4 rings (SSSR count). The molecule has 4 heteroatoms. The average Bonchev–Trinajstić information content (AvgIpc) is 3.18. The van der Waals surface area contributed by atoms with Gasteiger partial charge in [0.1, 0.15) is 5.75 Å². The second-order valence-corrected chi connectivity index (χ2v) is 5.49. The van der Waals surface area contributed by atoms with E-state index in [0.717, 1.165) is 28.2 Å². The van der Waals surface area contributed by atoms with Crippen molar-refractivity contribution in [1.82, 2.24) is 14.8 Å². The lowest BCUT2D eigenvalue weighted by Crippen LogP contribution is -1.94. The number of ether oxygens (including phenoxy) is 1. The lowest BCUT2D eigenvalue weighted by molar-refractivity contribution is 0.415. The molecule has 0 aliphatic carbocycles. The number of methoxy groups -OCH3 is 1. The monoisotopic (exact) mass is 303 g/mol. The van der Waals surface area contributed by atoms with Gasteiger partial charge in [0.2, 0.25) is 0 Å². The van der Waals surface area contributed by atoms with Gasteiger partial charge in [-0.1, -0.05) is 30.3 Å². The zero-order chi connectivity index (χ0) is 15.8. The second kappa shape index (κ2) is 5.32. The molecule has 23 heavy (non-hydrogen) atoms. The van der Waals surface area contributed by atoms with Crippen molar-refractivity contribution >= 4 is 10.9 Å². The number of hydrogen-bond acceptors (Lipinski definition) is 2. The summed E-state index contributed by atoms with van der Waals surface area (Å²) in [6.07, 6.45) is 1.82. The zero-order valence-corrected chi connectivity index (χ0v) is 13.1. The number of aryl methyl sites for hydroxylation is 1. The van der Waals surface area contributed by atoms with Crippen molar-refractivity contribution in [3.8, 4) is 28.3 Å². The van der Waals surface area contributed by atoms with Gasteiger partial charge in [0.25, 0.3) is 0 Å². The van der Waals surface area contributed by atoms with Crippen molar-refractivity contribution < 1.29 is 4.74 Å². The van der Waals surface area contributed by atoms with Crippen molar-refractivity contribution in [2.24, 2.45) is 7.05 Å². The summed E-state index contributed by atoms with van der Waals surface area (Å²) in [5.41, 5.74) is 5.60. The first-order valence-corrected chi connectivity index (χ1v) is 7.51. The highest BCUT2D eigenvalue weighted by atomic mass is 16.5. The minimum absolute atomic E-state index is 0.857. The number of hydrogen-bond donors (Lipinski definition) is 1. The molecule has 2 aromatic carbocycles. The van der Waals surface area contributed by atoms with E-state index in [1.54, 1.807) is 7.11 Å². The molecule has 2 heterocycles. The maximum atomic E-state index is 5.27. The minimum Gasteiger partial charge on any atom is -0.497 e. The SMILES string of the molecule is COc1ccc(-c2c(-c3ccnn3C)[nH]c3ccccc23)cc1. The van der Waals surface area contributed by atoms with Crippen LogP contribution >= 0.6 is 0 Å². The lowest BCUT2D eigenvalue weighted by atomic mass is 10.0. The van der Waals surface area contributed by atoms with E-state index in [0.29, 0.717) is 0 Å². The fraction of sp³-hybridized carbons (Fsp3) is 0.105. The first kappa shape index (κ1) is 13.6. The molecular formula is C19H17N3O. The molecule has 0 saturated heterocycles. The Kier molecular flexibility index (Phi) is 3.15. The number of H-pyrrole nitrogens is 1. The topological polar surface area (TPSA) is 42.8 Å². The zero-order valence-electron chi connectivity index (χ0n) is 13.1. The number of para-hydroxylation sites is 1. The first-order chi connectivity index (χ1) is 11.3. The van der Waals surface area contributed by atoms with Crippen LogP contribution in [0.5, 0.6) is 5.75 Å². The molecule has 0 bridgehead atoms. The van der Waals surface area contributed by atoms with E-state index in [9.17, 15) is 0 Å². The number of nitrogens with zero attached hydrogens (tertiary/aromatic N) is 2. The molecule has 0 atom stereocenters. The van der Waals surface area contributed by atoms with Gasteiger partial charge in [-0.15, -0.1) is 0 Å². The van der Waals surface area contributed by atoms with E-state index in [4.69, 9.17) is 4.74 Å². The largest absolute Gasteiger partial charge is 0.497 e. The summed E-state index contributed by atoms with van der Waals surface area (Å²) in [5.74, 6) is 0.857. The van der Waals surface area contributed by atoms with Crippen LogP contribution in [-0.4, -0.2) is 21.9 Å². The van der Waals surface area contributed by atoms with Crippen LogP contribution in [-0.2, 0) is 7.05 Å². The molecule has 4 nitrogen and oxygen atoms in total. The van der Waals surface area contributed by atoms with Crippen molar-refractivity contribution in [2.45, 2.75) is 0 Å². The number of aromatic amines is 1. The van der Waals surface area contributed by atoms with Crippen LogP contribution < -0.4 is 4.74 Å². The molecule has 0 saturated carbocycles. The van der Waals surface area contributed by atoms with Gasteiger partial charge >= 0.3 is 0 Å². The van der Waals surface area contributed by atoms with E-state index < -0.39 is 0 Å². The van der Waals surface area contributed by atoms with Crippen molar-refractivity contribution in [3.05, 3.63) is 60.8 Å². The van der Waals surface area contributed by atoms with Crippen LogP contribution in [0, 0.1) is 0 Å². The molecule has 1 N–H and O–H groups in total. The summed E-state index contributed by atoms with van der Waals surface area (Å²) >= 11 is 0. The summed E-state index contributed by atoms with van der Waals surface area (Å²) in [5, 5.41) is 5.50. The smallest absolute Gasteiger partial charge is 0.118 e. The van der Waals surface area contributed by atoms with Crippen LogP contribution in [0.3, 0.4) is 0 Å². The number of benzene rings is 2. The molecule has 0 aliphatic rings.